The molecule has 0 N–H and O–H groups in total. The number of para-hydroxylation sites is 1. The van der Waals surface area contributed by atoms with Crippen molar-refractivity contribution in [1.29, 1.82) is 0 Å². The van der Waals surface area contributed by atoms with Gasteiger partial charge < -0.3 is 9.15 Å². The zero-order chi connectivity index (χ0) is 14.1. The molecule has 0 bridgehead atoms. The lowest BCUT2D eigenvalue weighted by molar-refractivity contribution is -0.141. The molecule has 0 radical (unpaired) electrons. The predicted octanol–water partition coefficient (Wildman–Crippen LogP) is 2.84. The van der Waals surface area contributed by atoms with Crippen LogP contribution in [0, 0.1) is 0 Å². The van der Waals surface area contributed by atoms with E-state index in [-0.39, 0.29) is 11.4 Å². The first kappa shape index (κ1) is 13.0. The highest BCUT2D eigenvalue weighted by Gasteiger charge is 2.26. The van der Waals surface area contributed by atoms with Gasteiger partial charge in [0.25, 0.3) is 0 Å². The summed E-state index contributed by atoms with van der Waals surface area (Å²) in [6, 6.07) is 7.09. The molecule has 5 heteroatoms. The average Bonchev–Trinajstić information content (AvgIpc) is 2.47. The number of thioether (sulfide) groups is 1. The van der Waals surface area contributed by atoms with Crippen molar-refractivity contribution in [3.63, 3.8) is 0 Å². The molecule has 1 atom stereocenters. The maximum atomic E-state index is 12.4. The number of carbonyl (C=O) groups is 1. The second-order valence-corrected chi connectivity index (χ2v) is 5.42. The molecule has 102 valence electrons. The molecule has 0 spiro atoms. The largest absolute Gasteiger partial charge is 0.465 e. The minimum atomic E-state index is -0.494. The zero-order valence-corrected chi connectivity index (χ0v) is 11.6. The third kappa shape index (κ3) is 2.14. The van der Waals surface area contributed by atoms with Crippen LogP contribution in [0.2, 0.25) is 0 Å². The van der Waals surface area contributed by atoms with Gasteiger partial charge in [-0.05, 0) is 25.1 Å². The lowest BCUT2D eigenvalue weighted by atomic mass is 10.2. The van der Waals surface area contributed by atoms with E-state index in [1.54, 1.807) is 37.3 Å². The number of hydrogen-bond acceptors (Lipinski definition) is 5. The number of esters is 1. The molecule has 4 nitrogen and oxygen atoms in total. The van der Waals surface area contributed by atoms with Crippen molar-refractivity contribution in [2.45, 2.75) is 17.1 Å². The minimum Gasteiger partial charge on any atom is -0.465 e. The van der Waals surface area contributed by atoms with Crippen LogP contribution in [0.3, 0.4) is 0 Å². The van der Waals surface area contributed by atoms with Crippen LogP contribution < -0.4 is 5.43 Å². The highest BCUT2D eigenvalue weighted by Crippen LogP contribution is 2.33. The fraction of sp³-hybridized carbons (Fsp3) is 0.200. The number of rotatable bonds is 2. The first-order chi connectivity index (χ1) is 9.70. The van der Waals surface area contributed by atoms with E-state index in [1.807, 2.05) is 6.07 Å². The fourth-order valence-corrected chi connectivity index (χ4v) is 3.07. The van der Waals surface area contributed by atoms with Crippen LogP contribution in [0.15, 0.2) is 44.4 Å². The SMILES string of the molecule is CCOC(=O)C1C=Cc2oc3ccccc3c(=O)c2S1. The van der Waals surface area contributed by atoms with E-state index in [1.165, 1.54) is 11.8 Å². The molecule has 0 fully saturated rings. The molecule has 2 heterocycles. The molecular formula is C15H12O4S. The Morgan fingerprint density at radius 3 is 3.00 bits per heavy atom. The van der Waals surface area contributed by atoms with Crippen molar-refractivity contribution < 1.29 is 13.9 Å². The summed E-state index contributed by atoms with van der Waals surface area (Å²) in [6.45, 7) is 2.08. The summed E-state index contributed by atoms with van der Waals surface area (Å²) in [4.78, 5) is 24.7. The van der Waals surface area contributed by atoms with Gasteiger partial charge in [-0.2, -0.15) is 0 Å². The molecule has 20 heavy (non-hydrogen) atoms. The van der Waals surface area contributed by atoms with Gasteiger partial charge in [0.2, 0.25) is 5.43 Å². The molecule has 1 unspecified atom stereocenters. The smallest absolute Gasteiger partial charge is 0.323 e. The van der Waals surface area contributed by atoms with Crippen molar-refractivity contribution in [2.75, 3.05) is 6.61 Å². The topological polar surface area (TPSA) is 56.5 Å². The van der Waals surface area contributed by atoms with Crippen molar-refractivity contribution in [3.05, 3.63) is 46.3 Å². The van der Waals surface area contributed by atoms with E-state index >= 15 is 0 Å². The van der Waals surface area contributed by atoms with Gasteiger partial charge in [-0.15, -0.1) is 0 Å². The van der Waals surface area contributed by atoms with Crippen LogP contribution in [0.25, 0.3) is 17.0 Å². The van der Waals surface area contributed by atoms with Gasteiger partial charge in [0.05, 0.1) is 16.9 Å². The normalized spacial score (nSPS) is 16.9. The van der Waals surface area contributed by atoms with Gasteiger partial charge in [0.15, 0.2) is 0 Å². The Kier molecular flexibility index (Phi) is 3.36. The monoisotopic (exact) mass is 288 g/mol. The summed E-state index contributed by atoms with van der Waals surface area (Å²) in [5.74, 6) is 0.159. The van der Waals surface area contributed by atoms with Crippen LogP contribution in [0.1, 0.15) is 12.7 Å². The Labute approximate surface area is 119 Å². The van der Waals surface area contributed by atoms with E-state index < -0.39 is 5.25 Å². The molecule has 0 amide bonds. The second kappa shape index (κ2) is 5.17. The van der Waals surface area contributed by atoms with E-state index in [0.29, 0.717) is 28.2 Å². The van der Waals surface area contributed by atoms with Gasteiger partial charge in [-0.3, -0.25) is 9.59 Å². The summed E-state index contributed by atoms with van der Waals surface area (Å²) < 4.78 is 10.7. The number of benzene rings is 1. The number of fused-ring (bicyclic) bond motifs is 2. The predicted molar refractivity (Wildman–Crippen MR) is 77.8 cm³/mol. The Balaban J connectivity index is 2.08. The van der Waals surface area contributed by atoms with Crippen molar-refractivity contribution in [3.8, 4) is 0 Å². The molecule has 2 aromatic rings. The fourth-order valence-electron chi connectivity index (χ4n) is 2.06. The molecular weight excluding hydrogens is 276 g/mol. The Morgan fingerprint density at radius 1 is 1.40 bits per heavy atom. The standard InChI is InChI=1S/C15H12O4S/c1-2-18-15(17)12-8-7-11-14(20-12)13(16)9-5-3-4-6-10(9)19-11/h3-8,12H,2H2,1H3. The van der Waals surface area contributed by atoms with Gasteiger partial charge in [-0.1, -0.05) is 30.0 Å². The third-order valence-electron chi connectivity index (χ3n) is 2.97. The van der Waals surface area contributed by atoms with E-state index in [9.17, 15) is 9.59 Å². The maximum Gasteiger partial charge on any atom is 0.323 e. The lowest BCUT2D eigenvalue weighted by Crippen LogP contribution is -2.22. The summed E-state index contributed by atoms with van der Waals surface area (Å²) >= 11 is 1.18. The summed E-state index contributed by atoms with van der Waals surface area (Å²) in [5, 5.41) is 0.0307. The third-order valence-corrected chi connectivity index (χ3v) is 4.19. The van der Waals surface area contributed by atoms with Crippen LogP contribution in [-0.4, -0.2) is 17.8 Å². The average molecular weight is 288 g/mol. The molecule has 0 saturated heterocycles. The highest BCUT2D eigenvalue weighted by molar-refractivity contribution is 8.01. The van der Waals surface area contributed by atoms with Crippen LogP contribution in [0.5, 0.6) is 0 Å². The molecule has 0 saturated carbocycles. The number of ether oxygens (including phenoxy) is 1. The molecule has 1 aromatic carbocycles. The van der Waals surface area contributed by atoms with Gasteiger partial charge in [-0.25, -0.2) is 0 Å². The van der Waals surface area contributed by atoms with E-state index in [2.05, 4.69) is 0 Å². The van der Waals surface area contributed by atoms with Crippen molar-refractivity contribution in [1.82, 2.24) is 0 Å². The van der Waals surface area contributed by atoms with Gasteiger partial charge in [0.1, 0.15) is 16.6 Å². The van der Waals surface area contributed by atoms with Crippen molar-refractivity contribution >= 4 is 34.8 Å². The molecule has 1 aliphatic rings. The molecule has 1 aromatic heterocycles. The minimum absolute atomic E-state index is 0.106. The molecule has 3 rings (SSSR count). The Bertz CT molecular complexity index is 760. The molecule has 1 aliphatic heterocycles. The number of hydrogen-bond donors (Lipinski definition) is 0. The first-order valence-corrected chi connectivity index (χ1v) is 7.16. The lowest BCUT2D eigenvalue weighted by Gasteiger charge is -2.16. The quantitative estimate of drug-likeness (QED) is 0.795. The highest BCUT2D eigenvalue weighted by atomic mass is 32.2. The summed E-state index contributed by atoms with van der Waals surface area (Å²) in [5.41, 5.74) is 0.446. The first-order valence-electron chi connectivity index (χ1n) is 6.28. The van der Waals surface area contributed by atoms with E-state index in [0.717, 1.165) is 0 Å². The van der Waals surface area contributed by atoms with Crippen molar-refractivity contribution in [2.24, 2.45) is 0 Å². The maximum absolute atomic E-state index is 12.4. The van der Waals surface area contributed by atoms with Crippen LogP contribution >= 0.6 is 11.8 Å². The summed E-state index contributed by atoms with van der Waals surface area (Å²) in [7, 11) is 0. The second-order valence-electron chi connectivity index (χ2n) is 4.27. The zero-order valence-electron chi connectivity index (χ0n) is 10.8. The van der Waals surface area contributed by atoms with Crippen LogP contribution in [0.4, 0.5) is 0 Å². The van der Waals surface area contributed by atoms with E-state index in [4.69, 9.17) is 9.15 Å². The summed E-state index contributed by atoms with van der Waals surface area (Å²) in [6.07, 6.45) is 3.37. The number of carbonyl (C=O) groups excluding carboxylic acids is 1. The Hall–Kier alpha value is -2.01. The molecule has 0 aliphatic carbocycles. The van der Waals surface area contributed by atoms with Gasteiger partial charge >= 0.3 is 5.97 Å². The Morgan fingerprint density at radius 2 is 2.20 bits per heavy atom. The van der Waals surface area contributed by atoms with Crippen LogP contribution in [-0.2, 0) is 9.53 Å². The van der Waals surface area contributed by atoms with Gasteiger partial charge in [0, 0.05) is 0 Å².